The van der Waals surface area contributed by atoms with E-state index in [4.69, 9.17) is 19.4 Å². The number of anilines is 1. The van der Waals surface area contributed by atoms with Gasteiger partial charge >= 0.3 is 18.0 Å². The molecule has 0 bridgehead atoms. The van der Waals surface area contributed by atoms with E-state index in [2.05, 4.69) is 11.4 Å². The van der Waals surface area contributed by atoms with E-state index >= 15 is 0 Å². The van der Waals surface area contributed by atoms with Crippen LogP contribution >= 0.6 is 0 Å². The molecule has 1 fully saturated rings. The van der Waals surface area contributed by atoms with Gasteiger partial charge in [-0.15, -0.1) is 0 Å². The molecule has 2 N–H and O–H groups in total. The standard InChI is InChI=1S/C22H28N2O5.CH2O2/c1-4-28-20(25)15-7-6-8-17(11-15)23-22(27)24-12-16-10-9-14(3)19(18(16)13-24)21(26)29-5-2;2-1-3/h6-11,14,16,18-19H,4-5,12-13H2,1-3H3,(H,23,27);1H,(H,2,3)/t14-,16-,18-,19-;/m0./s1. The molecule has 1 aromatic carbocycles. The molecule has 9 nitrogen and oxygen atoms in total. The highest BCUT2D eigenvalue weighted by molar-refractivity contribution is 5.94. The van der Waals surface area contributed by atoms with Gasteiger partial charge in [0.1, 0.15) is 0 Å². The maximum atomic E-state index is 12.8. The van der Waals surface area contributed by atoms with Crippen molar-refractivity contribution >= 4 is 30.1 Å². The molecule has 3 rings (SSSR count). The molecular weight excluding hydrogens is 416 g/mol. The van der Waals surface area contributed by atoms with Gasteiger partial charge in [0.05, 0.1) is 24.7 Å². The quantitative estimate of drug-likeness (QED) is 0.405. The van der Waals surface area contributed by atoms with Crippen LogP contribution in [0.25, 0.3) is 0 Å². The number of urea groups is 1. The zero-order chi connectivity index (χ0) is 23.7. The molecule has 2 aliphatic rings. The molecule has 0 aromatic heterocycles. The summed E-state index contributed by atoms with van der Waals surface area (Å²) in [5.41, 5.74) is 0.917. The average molecular weight is 447 g/mol. The number of nitrogens with zero attached hydrogens (tertiary/aromatic N) is 1. The summed E-state index contributed by atoms with van der Waals surface area (Å²) in [6, 6.07) is 6.43. The van der Waals surface area contributed by atoms with Gasteiger partial charge in [-0.2, -0.15) is 0 Å². The van der Waals surface area contributed by atoms with Crippen LogP contribution in [0, 0.1) is 23.7 Å². The summed E-state index contributed by atoms with van der Waals surface area (Å²) in [6.45, 7) is 6.99. The zero-order valence-electron chi connectivity index (χ0n) is 18.5. The first-order chi connectivity index (χ1) is 15.4. The fourth-order valence-corrected chi connectivity index (χ4v) is 4.20. The van der Waals surface area contributed by atoms with Crippen LogP contribution in [-0.4, -0.2) is 60.8 Å². The number of carbonyl (C=O) groups is 4. The molecule has 1 aliphatic carbocycles. The lowest BCUT2D eigenvalue weighted by molar-refractivity contribution is -0.152. The molecule has 0 radical (unpaired) electrons. The van der Waals surface area contributed by atoms with Gasteiger partial charge in [-0.05, 0) is 49.8 Å². The monoisotopic (exact) mass is 446 g/mol. The highest BCUT2D eigenvalue weighted by Crippen LogP contribution is 2.40. The summed E-state index contributed by atoms with van der Waals surface area (Å²) < 4.78 is 10.3. The van der Waals surface area contributed by atoms with Crippen molar-refractivity contribution in [3.05, 3.63) is 42.0 Å². The molecule has 4 atom stereocenters. The number of allylic oxidation sites excluding steroid dienone is 1. The molecule has 1 saturated heterocycles. The van der Waals surface area contributed by atoms with Crippen LogP contribution in [0.15, 0.2) is 36.4 Å². The second-order valence-electron chi connectivity index (χ2n) is 7.59. The van der Waals surface area contributed by atoms with Crippen molar-refractivity contribution in [3.8, 4) is 0 Å². The first kappa shape index (κ1) is 24.9. The third kappa shape index (κ3) is 6.09. The van der Waals surface area contributed by atoms with Crippen molar-refractivity contribution in [1.82, 2.24) is 4.90 Å². The number of carboxylic acid groups (broad SMARTS) is 1. The lowest BCUT2D eigenvalue weighted by Gasteiger charge is -2.31. The maximum absolute atomic E-state index is 12.8. The minimum Gasteiger partial charge on any atom is -0.483 e. The Labute approximate surface area is 187 Å². The topological polar surface area (TPSA) is 122 Å². The van der Waals surface area contributed by atoms with Crippen LogP contribution in [-0.2, 0) is 19.1 Å². The van der Waals surface area contributed by atoms with Crippen molar-refractivity contribution in [2.75, 3.05) is 31.6 Å². The van der Waals surface area contributed by atoms with E-state index in [1.54, 1.807) is 43.0 Å². The molecule has 0 unspecified atom stereocenters. The van der Waals surface area contributed by atoms with E-state index < -0.39 is 5.97 Å². The fraction of sp³-hybridized carbons (Fsp3) is 0.478. The average Bonchev–Trinajstić information content (AvgIpc) is 3.19. The molecule has 174 valence electrons. The number of nitrogens with one attached hydrogen (secondary N) is 1. The van der Waals surface area contributed by atoms with Crippen LogP contribution in [0.3, 0.4) is 0 Å². The normalized spacial score (nSPS) is 23.3. The molecule has 9 heteroatoms. The Morgan fingerprint density at radius 3 is 2.50 bits per heavy atom. The van der Waals surface area contributed by atoms with Gasteiger partial charge in [0.2, 0.25) is 0 Å². The second-order valence-corrected chi connectivity index (χ2v) is 7.59. The number of hydrogen-bond donors (Lipinski definition) is 2. The number of amides is 2. The highest BCUT2D eigenvalue weighted by Gasteiger charge is 2.46. The van der Waals surface area contributed by atoms with Gasteiger partial charge in [-0.25, -0.2) is 9.59 Å². The highest BCUT2D eigenvalue weighted by atomic mass is 16.5. The third-order valence-corrected chi connectivity index (χ3v) is 5.57. The van der Waals surface area contributed by atoms with Gasteiger partial charge in [-0.3, -0.25) is 9.59 Å². The van der Waals surface area contributed by atoms with E-state index in [1.165, 1.54) is 0 Å². The summed E-state index contributed by atoms with van der Waals surface area (Å²) in [6.07, 6.45) is 4.16. The molecule has 0 spiro atoms. The molecule has 1 aliphatic heterocycles. The Balaban J connectivity index is 0.00000114. The number of rotatable bonds is 5. The maximum Gasteiger partial charge on any atom is 0.338 e. The minimum atomic E-state index is -0.424. The van der Waals surface area contributed by atoms with Crippen molar-refractivity contribution in [2.45, 2.75) is 20.8 Å². The van der Waals surface area contributed by atoms with Gasteiger partial charge < -0.3 is 24.8 Å². The zero-order valence-corrected chi connectivity index (χ0v) is 18.5. The number of esters is 2. The van der Waals surface area contributed by atoms with Crippen LogP contribution in [0.5, 0.6) is 0 Å². The lowest BCUT2D eigenvalue weighted by atomic mass is 9.72. The Morgan fingerprint density at radius 2 is 1.84 bits per heavy atom. The number of carbonyl (C=O) groups excluding carboxylic acids is 3. The van der Waals surface area contributed by atoms with Gasteiger partial charge in [-0.1, -0.05) is 25.1 Å². The van der Waals surface area contributed by atoms with E-state index in [1.807, 2.05) is 13.0 Å². The van der Waals surface area contributed by atoms with E-state index in [-0.39, 0.29) is 42.1 Å². The van der Waals surface area contributed by atoms with E-state index in [9.17, 15) is 14.4 Å². The van der Waals surface area contributed by atoms with Crippen LogP contribution < -0.4 is 5.32 Å². The number of likely N-dealkylation sites (tertiary alicyclic amines) is 1. The first-order valence-corrected chi connectivity index (χ1v) is 10.6. The Bertz CT molecular complexity index is 855. The number of hydrogen-bond acceptors (Lipinski definition) is 6. The van der Waals surface area contributed by atoms with Crippen molar-refractivity contribution in [2.24, 2.45) is 23.7 Å². The molecule has 32 heavy (non-hydrogen) atoms. The second kappa shape index (κ2) is 11.9. The van der Waals surface area contributed by atoms with Crippen molar-refractivity contribution < 1.29 is 33.8 Å². The predicted molar refractivity (Wildman–Crippen MR) is 117 cm³/mol. The van der Waals surface area contributed by atoms with Crippen LogP contribution in [0.2, 0.25) is 0 Å². The van der Waals surface area contributed by atoms with Crippen LogP contribution in [0.4, 0.5) is 10.5 Å². The van der Waals surface area contributed by atoms with Gasteiger partial charge in [0.15, 0.2) is 0 Å². The van der Waals surface area contributed by atoms with Crippen molar-refractivity contribution in [1.29, 1.82) is 0 Å². The molecule has 2 amide bonds. The van der Waals surface area contributed by atoms with E-state index in [0.29, 0.717) is 37.6 Å². The largest absolute Gasteiger partial charge is 0.483 e. The Kier molecular flexibility index (Phi) is 9.24. The fourth-order valence-electron chi connectivity index (χ4n) is 4.20. The van der Waals surface area contributed by atoms with Gasteiger partial charge in [0, 0.05) is 18.8 Å². The molecule has 0 saturated carbocycles. The van der Waals surface area contributed by atoms with Crippen LogP contribution in [0.1, 0.15) is 31.1 Å². The molecular formula is C23H30N2O7. The predicted octanol–water partition coefficient (Wildman–Crippen LogP) is 3.03. The smallest absolute Gasteiger partial charge is 0.338 e. The van der Waals surface area contributed by atoms with Crippen molar-refractivity contribution in [3.63, 3.8) is 0 Å². The summed E-state index contributed by atoms with van der Waals surface area (Å²) in [5.74, 6) is -0.590. The summed E-state index contributed by atoms with van der Waals surface area (Å²) in [5, 5.41) is 9.74. The summed E-state index contributed by atoms with van der Waals surface area (Å²) in [7, 11) is 0. The minimum absolute atomic E-state index is 0.0469. The Morgan fingerprint density at radius 1 is 1.16 bits per heavy atom. The number of ether oxygens (including phenoxy) is 2. The first-order valence-electron chi connectivity index (χ1n) is 10.6. The third-order valence-electron chi connectivity index (χ3n) is 5.57. The molecule has 1 heterocycles. The summed E-state index contributed by atoms with van der Waals surface area (Å²) >= 11 is 0. The number of benzene rings is 1. The Hall–Kier alpha value is -3.36. The number of fused-ring (bicyclic) bond motifs is 1. The lowest BCUT2D eigenvalue weighted by Crippen LogP contribution is -2.38. The SMILES string of the molecule is CCOC(=O)c1cccc(NC(=O)N2C[C@@H]3[C@@H](C(=O)OCC)[C@@H](C)C=C[C@H]3C2)c1.O=CO. The van der Waals surface area contributed by atoms with Gasteiger partial charge in [0.25, 0.3) is 6.47 Å². The molecule has 1 aromatic rings. The summed E-state index contributed by atoms with van der Waals surface area (Å²) in [4.78, 5) is 47.2. The van der Waals surface area contributed by atoms with E-state index in [0.717, 1.165) is 0 Å².